The molecule has 0 radical (unpaired) electrons. The Kier molecular flexibility index (Phi) is 8.10. The van der Waals surface area contributed by atoms with Crippen LogP contribution in [0.4, 0.5) is 18.9 Å². The molecular formula is C22H22F3N5O2S. The van der Waals surface area contributed by atoms with Crippen LogP contribution in [0, 0.1) is 17.5 Å². The normalized spacial score (nSPS) is 11.8. The second kappa shape index (κ2) is 11.0. The zero-order chi connectivity index (χ0) is 24.0. The van der Waals surface area contributed by atoms with E-state index in [1.807, 2.05) is 41.8 Å². The van der Waals surface area contributed by atoms with Gasteiger partial charge in [-0.3, -0.25) is 9.59 Å². The second-order valence-electron chi connectivity index (χ2n) is 7.05. The summed E-state index contributed by atoms with van der Waals surface area (Å²) in [7, 11) is 0. The van der Waals surface area contributed by atoms with Crippen molar-refractivity contribution in [3.63, 3.8) is 0 Å². The van der Waals surface area contributed by atoms with Crippen LogP contribution in [0.3, 0.4) is 0 Å². The van der Waals surface area contributed by atoms with Gasteiger partial charge in [-0.05, 0) is 31.5 Å². The molecule has 1 heterocycles. The molecule has 3 rings (SSSR count). The lowest BCUT2D eigenvalue weighted by Gasteiger charge is -2.13. The van der Waals surface area contributed by atoms with E-state index in [1.54, 1.807) is 6.92 Å². The second-order valence-corrected chi connectivity index (χ2v) is 8.36. The van der Waals surface area contributed by atoms with Gasteiger partial charge in [0.05, 0.1) is 17.5 Å². The number of amides is 2. The highest BCUT2D eigenvalue weighted by atomic mass is 32.2. The van der Waals surface area contributed by atoms with Crippen molar-refractivity contribution in [3.8, 4) is 0 Å². The number of carbonyl (C=O) groups excluding carboxylic acids is 2. The summed E-state index contributed by atoms with van der Waals surface area (Å²) in [5, 5.41) is 12.9. The molecule has 0 saturated heterocycles. The van der Waals surface area contributed by atoms with Crippen molar-refractivity contribution in [3.05, 3.63) is 71.3 Å². The fourth-order valence-electron chi connectivity index (χ4n) is 2.97. The number of carbonyl (C=O) groups is 2. The molecule has 0 spiro atoms. The standard InChI is InChI=1S/C22H22F3N5O2S/c1-3-30-17(11-14-7-5-4-6-8-14)28-29-22(30)33-13(2)21(32)26-12-18(31)27-16-10-9-15(23)19(24)20(16)25/h4-10,13H,3,11-12H2,1-2H3,(H,26,32)(H,27,31). The summed E-state index contributed by atoms with van der Waals surface area (Å²) in [4.78, 5) is 24.4. The number of hydrogen-bond donors (Lipinski definition) is 2. The molecule has 1 aromatic heterocycles. The molecule has 0 aliphatic rings. The van der Waals surface area contributed by atoms with Gasteiger partial charge in [-0.25, -0.2) is 13.2 Å². The summed E-state index contributed by atoms with van der Waals surface area (Å²) in [5.74, 6) is -5.02. The minimum Gasteiger partial charge on any atom is -0.346 e. The number of thioether (sulfide) groups is 1. The third-order valence-electron chi connectivity index (χ3n) is 4.70. The SMILES string of the molecule is CCn1c(Cc2ccccc2)nnc1SC(C)C(=O)NCC(=O)Nc1ccc(F)c(F)c1F. The lowest BCUT2D eigenvalue weighted by atomic mass is 10.1. The Balaban J connectivity index is 1.55. The third-order valence-corrected chi connectivity index (χ3v) is 5.78. The van der Waals surface area contributed by atoms with Gasteiger partial charge in [0, 0.05) is 13.0 Å². The molecular weight excluding hydrogens is 455 g/mol. The maximum absolute atomic E-state index is 13.7. The van der Waals surface area contributed by atoms with Gasteiger partial charge in [-0.1, -0.05) is 42.1 Å². The van der Waals surface area contributed by atoms with Crippen LogP contribution in [0.2, 0.25) is 0 Å². The molecule has 0 aliphatic carbocycles. The molecule has 174 valence electrons. The Morgan fingerprint density at radius 2 is 1.79 bits per heavy atom. The Bertz CT molecular complexity index is 1140. The number of nitrogens with one attached hydrogen (secondary N) is 2. The lowest BCUT2D eigenvalue weighted by Crippen LogP contribution is -2.37. The van der Waals surface area contributed by atoms with E-state index in [9.17, 15) is 22.8 Å². The summed E-state index contributed by atoms with van der Waals surface area (Å²) in [5.41, 5.74) is 0.572. The average Bonchev–Trinajstić information content (AvgIpc) is 3.19. The highest BCUT2D eigenvalue weighted by molar-refractivity contribution is 8.00. The lowest BCUT2D eigenvalue weighted by molar-refractivity contribution is -0.123. The summed E-state index contributed by atoms with van der Waals surface area (Å²) in [6.07, 6.45) is 0.601. The van der Waals surface area contributed by atoms with E-state index < -0.39 is 46.7 Å². The molecule has 3 aromatic rings. The van der Waals surface area contributed by atoms with E-state index in [4.69, 9.17) is 0 Å². The van der Waals surface area contributed by atoms with Crippen molar-refractivity contribution in [1.82, 2.24) is 20.1 Å². The highest BCUT2D eigenvalue weighted by Gasteiger charge is 2.21. The van der Waals surface area contributed by atoms with E-state index in [0.717, 1.165) is 17.5 Å². The maximum atomic E-state index is 13.7. The number of anilines is 1. The summed E-state index contributed by atoms with van der Waals surface area (Å²) < 4.78 is 41.8. The van der Waals surface area contributed by atoms with E-state index in [-0.39, 0.29) is 0 Å². The molecule has 0 saturated carbocycles. The van der Waals surface area contributed by atoms with Gasteiger partial charge in [0.2, 0.25) is 11.8 Å². The van der Waals surface area contributed by atoms with Crippen LogP contribution < -0.4 is 10.6 Å². The van der Waals surface area contributed by atoms with Crippen LogP contribution in [-0.2, 0) is 22.6 Å². The Labute approximate surface area is 192 Å². The minimum absolute atomic E-state index is 0.448. The van der Waals surface area contributed by atoms with E-state index in [1.165, 1.54) is 11.8 Å². The van der Waals surface area contributed by atoms with Crippen LogP contribution in [0.15, 0.2) is 47.6 Å². The van der Waals surface area contributed by atoms with E-state index >= 15 is 0 Å². The van der Waals surface area contributed by atoms with Crippen molar-refractivity contribution >= 4 is 29.3 Å². The van der Waals surface area contributed by atoms with Crippen molar-refractivity contribution in [1.29, 1.82) is 0 Å². The first-order valence-electron chi connectivity index (χ1n) is 10.1. The predicted molar refractivity (Wildman–Crippen MR) is 118 cm³/mol. The summed E-state index contributed by atoms with van der Waals surface area (Å²) in [6, 6.07) is 11.4. The Hall–Kier alpha value is -3.34. The molecule has 2 N–H and O–H groups in total. The largest absolute Gasteiger partial charge is 0.346 e. The first kappa shape index (κ1) is 24.3. The van der Waals surface area contributed by atoms with Gasteiger partial charge in [-0.15, -0.1) is 10.2 Å². The maximum Gasteiger partial charge on any atom is 0.243 e. The number of hydrogen-bond acceptors (Lipinski definition) is 5. The summed E-state index contributed by atoms with van der Waals surface area (Å²) >= 11 is 1.19. The molecule has 33 heavy (non-hydrogen) atoms. The number of halogens is 3. The van der Waals surface area contributed by atoms with Crippen molar-refractivity contribution in [2.75, 3.05) is 11.9 Å². The average molecular weight is 478 g/mol. The molecule has 11 heteroatoms. The molecule has 0 bridgehead atoms. The molecule has 0 fully saturated rings. The van der Waals surface area contributed by atoms with E-state index in [0.29, 0.717) is 24.2 Å². The fraction of sp³-hybridized carbons (Fsp3) is 0.273. The first-order valence-corrected chi connectivity index (χ1v) is 11.0. The molecule has 1 unspecified atom stereocenters. The molecule has 1 atom stereocenters. The van der Waals surface area contributed by atoms with Crippen LogP contribution in [0.25, 0.3) is 0 Å². The third kappa shape index (κ3) is 6.13. The molecule has 0 aliphatic heterocycles. The topological polar surface area (TPSA) is 88.9 Å². The number of aromatic nitrogens is 3. The van der Waals surface area contributed by atoms with Gasteiger partial charge < -0.3 is 15.2 Å². The number of rotatable bonds is 9. The van der Waals surface area contributed by atoms with Gasteiger partial charge in [0.1, 0.15) is 5.82 Å². The summed E-state index contributed by atoms with van der Waals surface area (Å²) in [6.45, 7) is 3.75. The zero-order valence-electron chi connectivity index (χ0n) is 17.9. The van der Waals surface area contributed by atoms with Gasteiger partial charge >= 0.3 is 0 Å². The van der Waals surface area contributed by atoms with Crippen molar-refractivity contribution in [2.24, 2.45) is 0 Å². The monoisotopic (exact) mass is 477 g/mol. The van der Waals surface area contributed by atoms with Gasteiger partial charge in [0.15, 0.2) is 22.6 Å². The van der Waals surface area contributed by atoms with Gasteiger partial charge in [-0.2, -0.15) is 0 Å². The molecule has 7 nitrogen and oxygen atoms in total. The van der Waals surface area contributed by atoms with Crippen LogP contribution in [-0.4, -0.2) is 38.4 Å². The predicted octanol–water partition coefficient (Wildman–Crippen LogP) is 3.54. The first-order chi connectivity index (χ1) is 15.8. The highest BCUT2D eigenvalue weighted by Crippen LogP contribution is 2.23. The van der Waals surface area contributed by atoms with Gasteiger partial charge in [0.25, 0.3) is 0 Å². The fourth-order valence-corrected chi connectivity index (χ4v) is 3.93. The molecule has 2 aromatic carbocycles. The smallest absolute Gasteiger partial charge is 0.243 e. The molecule has 2 amide bonds. The number of nitrogens with zero attached hydrogens (tertiary/aromatic N) is 3. The number of benzene rings is 2. The Morgan fingerprint density at radius 3 is 2.48 bits per heavy atom. The van der Waals surface area contributed by atoms with Crippen LogP contribution in [0.1, 0.15) is 25.2 Å². The van der Waals surface area contributed by atoms with Crippen LogP contribution >= 0.6 is 11.8 Å². The van der Waals surface area contributed by atoms with Crippen molar-refractivity contribution in [2.45, 2.75) is 37.2 Å². The minimum atomic E-state index is -1.69. The van der Waals surface area contributed by atoms with E-state index in [2.05, 4.69) is 20.8 Å². The zero-order valence-corrected chi connectivity index (χ0v) is 18.8. The quantitative estimate of drug-likeness (QED) is 0.364. The van der Waals surface area contributed by atoms with Crippen LogP contribution in [0.5, 0.6) is 0 Å². The Morgan fingerprint density at radius 1 is 1.06 bits per heavy atom. The van der Waals surface area contributed by atoms with Crippen molar-refractivity contribution < 1.29 is 22.8 Å².